The van der Waals surface area contributed by atoms with Crippen LogP contribution in [0.1, 0.15) is 31.1 Å². The number of aryl methyl sites for hydroxylation is 1. The van der Waals surface area contributed by atoms with Crippen molar-refractivity contribution in [3.8, 4) is 0 Å². The van der Waals surface area contributed by atoms with Crippen molar-refractivity contribution in [3.05, 3.63) is 22.4 Å². The van der Waals surface area contributed by atoms with Gasteiger partial charge >= 0.3 is 0 Å². The number of hydrogen-bond acceptors (Lipinski definition) is 2. The molecule has 1 N–H and O–H groups in total. The zero-order chi connectivity index (χ0) is 9.31. The Balaban J connectivity index is 1.79. The molecule has 1 heterocycles. The monoisotopic (exact) mass is 196 g/mol. The predicted octanol–water partition coefficient (Wildman–Crippen LogP) is 2.84. The summed E-state index contributed by atoms with van der Waals surface area (Å²) in [5.74, 6) is 0. The van der Waals surface area contributed by atoms with Crippen LogP contribution in [0.15, 0.2) is 17.5 Å². The quantitative estimate of drug-likeness (QED) is 0.785. The minimum Gasteiger partial charge on any atom is -0.393 e. The van der Waals surface area contributed by atoms with E-state index in [0.29, 0.717) is 0 Å². The molecule has 0 spiro atoms. The van der Waals surface area contributed by atoms with E-state index in [1.165, 1.54) is 17.7 Å². The van der Waals surface area contributed by atoms with Crippen molar-refractivity contribution in [2.75, 3.05) is 0 Å². The molecule has 0 radical (unpaired) electrons. The van der Waals surface area contributed by atoms with E-state index in [-0.39, 0.29) is 11.5 Å². The van der Waals surface area contributed by atoms with Crippen LogP contribution in [-0.2, 0) is 6.42 Å². The molecule has 2 rings (SSSR count). The second-order valence-corrected chi connectivity index (χ2v) is 5.32. The molecular formula is C11H16OS. The molecule has 0 amide bonds. The van der Waals surface area contributed by atoms with E-state index in [9.17, 15) is 5.11 Å². The molecule has 72 valence electrons. The largest absolute Gasteiger partial charge is 0.393 e. The molecule has 0 aromatic carbocycles. The SMILES string of the molecule is CC1(C(O)CCc2cccs2)CC1. The van der Waals surface area contributed by atoms with Gasteiger partial charge in [-0.15, -0.1) is 11.3 Å². The van der Waals surface area contributed by atoms with E-state index in [1.54, 1.807) is 11.3 Å². The average molecular weight is 196 g/mol. The van der Waals surface area contributed by atoms with Crippen molar-refractivity contribution in [2.24, 2.45) is 5.41 Å². The maximum absolute atomic E-state index is 9.85. The van der Waals surface area contributed by atoms with Crippen molar-refractivity contribution < 1.29 is 5.11 Å². The average Bonchev–Trinajstić information content (AvgIpc) is 2.70. The summed E-state index contributed by atoms with van der Waals surface area (Å²) in [6.07, 6.45) is 4.29. The highest BCUT2D eigenvalue weighted by atomic mass is 32.1. The fourth-order valence-corrected chi connectivity index (χ4v) is 2.34. The first-order valence-electron chi connectivity index (χ1n) is 4.91. The first kappa shape index (κ1) is 9.22. The topological polar surface area (TPSA) is 20.2 Å². The maximum atomic E-state index is 9.85. The van der Waals surface area contributed by atoms with Gasteiger partial charge in [-0.1, -0.05) is 13.0 Å². The molecule has 0 saturated heterocycles. The van der Waals surface area contributed by atoms with Crippen molar-refractivity contribution in [1.82, 2.24) is 0 Å². The zero-order valence-corrected chi connectivity index (χ0v) is 8.81. The fraction of sp³-hybridized carbons (Fsp3) is 0.636. The van der Waals surface area contributed by atoms with Crippen molar-refractivity contribution >= 4 is 11.3 Å². The Hall–Kier alpha value is -0.340. The van der Waals surface area contributed by atoms with Gasteiger partial charge in [-0.25, -0.2) is 0 Å². The molecule has 13 heavy (non-hydrogen) atoms. The number of rotatable bonds is 4. The Morgan fingerprint density at radius 3 is 2.92 bits per heavy atom. The molecule has 1 nitrogen and oxygen atoms in total. The summed E-state index contributed by atoms with van der Waals surface area (Å²) >= 11 is 1.78. The lowest BCUT2D eigenvalue weighted by atomic mass is 9.97. The second kappa shape index (κ2) is 3.43. The first-order valence-corrected chi connectivity index (χ1v) is 5.79. The van der Waals surface area contributed by atoms with Gasteiger partial charge in [0.1, 0.15) is 0 Å². The molecule has 2 heteroatoms. The second-order valence-electron chi connectivity index (χ2n) is 4.29. The molecule has 1 atom stereocenters. The van der Waals surface area contributed by atoms with Crippen LogP contribution >= 0.6 is 11.3 Å². The molecule has 0 aliphatic heterocycles. The Morgan fingerprint density at radius 2 is 2.38 bits per heavy atom. The normalized spacial score (nSPS) is 21.4. The molecule has 1 aromatic heterocycles. The van der Waals surface area contributed by atoms with Gasteiger partial charge in [0.05, 0.1) is 6.10 Å². The Morgan fingerprint density at radius 1 is 1.62 bits per heavy atom. The smallest absolute Gasteiger partial charge is 0.0597 e. The Kier molecular flexibility index (Phi) is 2.43. The van der Waals surface area contributed by atoms with Crippen molar-refractivity contribution in [2.45, 2.75) is 38.7 Å². The van der Waals surface area contributed by atoms with E-state index >= 15 is 0 Å². The maximum Gasteiger partial charge on any atom is 0.0597 e. The summed E-state index contributed by atoms with van der Waals surface area (Å²) in [5, 5.41) is 11.9. The summed E-state index contributed by atoms with van der Waals surface area (Å²) in [4.78, 5) is 1.39. The predicted molar refractivity (Wildman–Crippen MR) is 56.0 cm³/mol. The Bertz CT molecular complexity index is 262. The van der Waals surface area contributed by atoms with Gasteiger partial charge in [-0.05, 0) is 42.5 Å². The first-order chi connectivity index (χ1) is 6.21. The summed E-state index contributed by atoms with van der Waals surface area (Å²) in [6, 6.07) is 4.22. The number of aliphatic hydroxyl groups excluding tert-OH is 1. The highest BCUT2D eigenvalue weighted by Crippen LogP contribution is 2.49. The summed E-state index contributed by atoms with van der Waals surface area (Å²) in [6.45, 7) is 2.19. The van der Waals surface area contributed by atoms with E-state index in [2.05, 4.69) is 24.4 Å². The van der Waals surface area contributed by atoms with Crippen LogP contribution in [0.25, 0.3) is 0 Å². The third-order valence-corrected chi connectivity index (χ3v) is 4.02. The van der Waals surface area contributed by atoms with Gasteiger partial charge in [-0.3, -0.25) is 0 Å². The molecule has 0 bridgehead atoms. The van der Waals surface area contributed by atoms with Gasteiger partial charge in [0.2, 0.25) is 0 Å². The molecule has 1 aliphatic rings. The van der Waals surface area contributed by atoms with E-state index in [1.807, 2.05) is 0 Å². The van der Waals surface area contributed by atoms with Gasteiger partial charge in [0, 0.05) is 4.88 Å². The van der Waals surface area contributed by atoms with Crippen LogP contribution in [0.2, 0.25) is 0 Å². The molecule has 1 aliphatic carbocycles. The minimum absolute atomic E-state index is 0.0883. The lowest BCUT2D eigenvalue weighted by Gasteiger charge is -2.16. The zero-order valence-electron chi connectivity index (χ0n) is 7.99. The highest BCUT2D eigenvalue weighted by molar-refractivity contribution is 7.09. The Labute approximate surface area is 83.4 Å². The summed E-state index contributed by atoms with van der Waals surface area (Å²) in [7, 11) is 0. The standard InChI is InChI=1S/C11H16OS/c1-11(6-7-11)10(12)5-4-9-3-2-8-13-9/h2-3,8,10,12H,4-7H2,1H3. The molecular weight excluding hydrogens is 180 g/mol. The van der Waals surface area contributed by atoms with Gasteiger partial charge in [-0.2, -0.15) is 0 Å². The minimum atomic E-state index is -0.0883. The fourth-order valence-electron chi connectivity index (χ4n) is 1.61. The third kappa shape index (κ3) is 2.12. The van der Waals surface area contributed by atoms with E-state index < -0.39 is 0 Å². The molecule has 1 saturated carbocycles. The van der Waals surface area contributed by atoms with Crippen molar-refractivity contribution in [3.63, 3.8) is 0 Å². The van der Waals surface area contributed by atoms with Crippen LogP contribution in [0.4, 0.5) is 0 Å². The van der Waals surface area contributed by atoms with Crippen LogP contribution < -0.4 is 0 Å². The van der Waals surface area contributed by atoms with E-state index in [0.717, 1.165) is 12.8 Å². The summed E-state index contributed by atoms with van der Waals surface area (Å²) < 4.78 is 0. The van der Waals surface area contributed by atoms with Gasteiger partial charge in [0.15, 0.2) is 0 Å². The molecule has 1 unspecified atom stereocenters. The van der Waals surface area contributed by atoms with Crippen LogP contribution in [0, 0.1) is 5.41 Å². The van der Waals surface area contributed by atoms with E-state index in [4.69, 9.17) is 0 Å². The van der Waals surface area contributed by atoms with Gasteiger partial charge in [0.25, 0.3) is 0 Å². The van der Waals surface area contributed by atoms with Crippen molar-refractivity contribution in [1.29, 1.82) is 0 Å². The van der Waals surface area contributed by atoms with Crippen LogP contribution in [-0.4, -0.2) is 11.2 Å². The van der Waals surface area contributed by atoms with Gasteiger partial charge < -0.3 is 5.11 Å². The van der Waals surface area contributed by atoms with Crippen LogP contribution in [0.5, 0.6) is 0 Å². The summed E-state index contributed by atoms with van der Waals surface area (Å²) in [5.41, 5.74) is 0.261. The number of thiophene rings is 1. The highest BCUT2D eigenvalue weighted by Gasteiger charge is 2.43. The number of aliphatic hydroxyl groups is 1. The molecule has 1 fully saturated rings. The lowest BCUT2D eigenvalue weighted by molar-refractivity contribution is 0.0947. The molecule has 1 aromatic rings. The third-order valence-electron chi connectivity index (χ3n) is 3.09. The van der Waals surface area contributed by atoms with Crippen LogP contribution in [0.3, 0.4) is 0 Å². The number of hydrogen-bond donors (Lipinski definition) is 1. The lowest BCUT2D eigenvalue weighted by Crippen LogP contribution is -2.19.